The number of aromatic nitrogens is 1. The van der Waals surface area contributed by atoms with E-state index in [2.05, 4.69) is 54.6 Å². The standard InChI is InChI=1S/C30H23NO2S/c32-34(33,25-12-2-1-3-13-25)31-29-16-7-6-15-27(29)28-21-22(18-20-30(28)31)17-19-24-11-8-10-23-9-4-5-14-26(23)24/h1-16,18,20-21H,17,19H2. The first-order valence-corrected chi connectivity index (χ1v) is 12.9. The van der Waals surface area contributed by atoms with Crippen LogP contribution in [-0.2, 0) is 22.9 Å². The van der Waals surface area contributed by atoms with Crippen molar-refractivity contribution in [2.75, 3.05) is 0 Å². The van der Waals surface area contributed by atoms with E-state index >= 15 is 0 Å². The lowest BCUT2D eigenvalue weighted by atomic mass is 9.98. The van der Waals surface area contributed by atoms with E-state index in [4.69, 9.17) is 0 Å². The van der Waals surface area contributed by atoms with Crippen LogP contribution in [0.25, 0.3) is 32.6 Å². The molecule has 0 aliphatic heterocycles. The maximum atomic E-state index is 13.6. The number of aryl methyl sites for hydroxylation is 2. The summed E-state index contributed by atoms with van der Waals surface area (Å²) < 4.78 is 28.7. The molecule has 0 fully saturated rings. The lowest BCUT2D eigenvalue weighted by molar-refractivity contribution is 0.590. The highest BCUT2D eigenvalue weighted by Gasteiger charge is 2.23. The Morgan fingerprint density at radius 2 is 1.24 bits per heavy atom. The highest BCUT2D eigenvalue weighted by atomic mass is 32.2. The average molecular weight is 462 g/mol. The molecule has 6 rings (SSSR count). The molecule has 34 heavy (non-hydrogen) atoms. The average Bonchev–Trinajstić information content (AvgIpc) is 3.22. The van der Waals surface area contributed by atoms with Gasteiger partial charge in [-0.05, 0) is 65.1 Å². The van der Waals surface area contributed by atoms with E-state index in [-0.39, 0.29) is 4.90 Å². The summed E-state index contributed by atoms with van der Waals surface area (Å²) in [5.74, 6) is 0. The van der Waals surface area contributed by atoms with Gasteiger partial charge in [0.2, 0.25) is 0 Å². The molecule has 0 saturated carbocycles. The molecule has 0 unspecified atom stereocenters. The van der Waals surface area contributed by atoms with Crippen molar-refractivity contribution in [2.24, 2.45) is 0 Å². The van der Waals surface area contributed by atoms with Gasteiger partial charge in [0, 0.05) is 10.8 Å². The van der Waals surface area contributed by atoms with E-state index in [1.54, 1.807) is 24.3 Å². The summed E-state index contributed by atoms with van der Waals surface area (Å²) in [7, 11) is -3.72. The van der Waals surface area contributed by atoms with Crippen LogP contribution in [0.5, 0.6) is 0 Å². The highest BCUT2D eigenvalue weighted by Crippen LogP contribution is 2.33. The molecule has 0 saturated heterocycles. The summed E-state index contributed by atoms with van der Waals surface area (Å²) in [4.78, 5) is 0.290. The summed E-state index contributed by atoms with van der Waals surface area (Å²) in [5.41, 5.74) is 3.93. The second kappa shape index (κ2) is 8.15. The first kappa shape index (κ1) is 20.7. The van der Waals surface area contributed by atoms with Crippen LogP contribution in [0.2, 0.25) is 0 Å². The molecule has 0 N–H and O–H groups in total. The Bertz CT molecular complexity index is 1760. The topological polar surface area (TPSA) is 39.1 Å². The molecular formula is C30H23NO2S. The largest absolute Gasteiger partial charge is 0.268 e. The zero-order valence-electron chi connectivity index (χ0n) is 18.6. The molecule has 0 bridgehead atoms. The molecule has 0 aliphatic carbocycles. The van der Waals surface area contributed by atoms with Gasteiger partial charge < -0.3 is 0 Å². The van der Waals surface area contributed by atoms with E-state index in [1.165, 1.54) is 25.9 Å². The van der Waals surface area contributed by atoms with Crippen LogP contribution in [-0.4, -0.2) is 12.4 Å². The van der Waals surface area contributed by atoms with E-state index < -0.39 is 10.0 Å². The SMILES string of the molecule is O=S(=O)(c1ccccc1)n1c2ccccc2c2cc(CCc3cccc4ccccc34)ccc21. The van der Waals surface area contributed by atoms with Crippen molar-refractivity contribution in [1.29, 1.82) is 0 Å². The summed E-state index contributed by atoms with van der Waals surface area (Å²) in [6.45, 7) is 0. The first-order chi connectivity index (χ1) is 16.6. The lowest BCUT2D eigenvalue weighted by Crippen LogP contribution is -2.12. The van der Waals surface area contributed by atoms with Crippen LogP contribution in [0.4, 0.5) is 0 Å². The first-order valence-electron chi connectivity index (χ1n) is 11.4. The highest BCUT2D eigenvalue weighted by molar-refractivity contribution is 7.90. The number of fused-ring (bicyclic) bond motifs is 4. The molecule has 0 spiro atoms. The van der Waals surface area contributed by atoms with Crippen molar-refractivity contribution < 1.29 is 8.42 Å². The predicted molar refractivity (Wildman–Crippen MR) is 140 cm³/mol. The fourth-order valence-corrected chi connectivity index (χ4v) is 6.43. The Kier molecular flexibility index (Phi) is 4.96. The van der Waals surface area contributed by atoms with Gasteiger partial charge in [0.15, 0.2) is 0 Å². The fourth-order valence-electron chi connectivity index (χ4n) is 4.89. The second-order valence-electron chi connectivity index (χ2n) is 8.59. The van der Waals surface area contributed by atoms with Crippen molar-refractivity contribution in [1.82, 2.24) is 3.97 Å². The molecule has 6 aromatic rings. The van der Waals surface area contributed by atoms with Crippen LogP contribution < -0.4 is 0 Å². The number of hydrogen-bond acceptors (Lipinski definition) is 2. The predicted octanol–water partition coefficient (Wildman–Crippen LogP) is 6.97. The van der Waals surface area contributed by atoms with Crippen LogP contribution in [0, 0.1) is 0 Å². The monoisotopic (exact) mass is 461 g/mol. The quantitative estimate of drug-likeness (QED) is 0.278. The molecule has 0 aliphatic rings. The van der Waals surface area contributed by atoms with Gasteiger partial charge >= 0.3 is 0 Å². The Balaban J connectivity index is 1.45. The number of hydrogen-bond donors (Lipinski definition) is 0. The van der Waals surface area contributed by atoms with Gasteiger partial charge in [-0.1, -0.05) is 84.9 Å². The zero-order chi connectivity index (χ0) is 23.1. The lowest BCUT2D eigenvalue weighted by Gasteiger charge is -2.10. The van der Waals surface area contributed by atoms with Gasteiger partial charge in [-0.15, -0.1) is 0 Å². The zero-order valence-corrected chi connectivity index (χ0v) is 19.4. The van der Waals surface area contributed by atoms with Crippen LogP contribution >= 0.6 is 0 Å². The van der Waals surface area contributed by atoms with Gasteiger partial charge in [0.05, 0.1) is 15.9 Å². The third-order valence-electron chi connectivity index (χ3n) is 6.54. The van der Waals surface area contributed by atoms with Gasteiger partial charge in [-0.25, -0.2) is 12.4 Å². The third-order valence-corrected chi connectivity index (χ3v) is 8.28. The normalized spacial score (nSPS) is 12.0. The van der Waals surface area contributed by atoms with Crippen molar-refractivity contribution in [3.8, 4) is 0 Å². The Morgan fingerprint density at radius 3 is 2.09 bits per heavy atom. The molecule has 0 amide bonds. The maximum Gasteiger partial charge on any atom is 0.268 e. The molecule has 4 heteroatoms. The van der Waals surface area contributed by atoms with Crippen molar-refractivity contribution in [3.05, 3.63) is 126 Å². The minimum absolute atomic E-state index is 0.290. The Hall–Kier alpha value is -3.89. The summed E-state index contributed by atoms with van der Waals surface area (Å²) >= 11 is 0. The Morgan fingerprint density at radius 1 is 0.559 bits per heavy atom. The molecule has 0 radical (unpaired) electrons. The smallest absolute Gasteiger partial charge is 0.233 e. The minimum Gasteiger partial charge on any atom is -0.233 e. The molecule has 3 nitrogen and oxygen atoms in total. The Labute approximate surface area is 199 Å². The summed E-state index contributed by atoms with van der Waals surface area (Å²) in [6, 6.07) is 37.5. The van der Waals surface area contributed by atoms with E-state index in [9.17, 15) is 8.42 Å². The minimum atomic E-state index is -3.72. The van der Waals surface area contributed by atoms with Crippen LogP contribution in [0.3, 0.4) is 0 Å². The van der Waals surface area contributed by atoms with Gasteiger partial charge in [-0.3, -0.25) is 0 Å². The third kappa shape index (κ3) is 3.39. The summed E-state index contributed by atoms with van der Waals surface area (Å²) in [6.07, 6.45) is 1.81. The van der Waals surface area contributed by atoms with Crippen molar-refractivity contribution >= 4 is 42.6 Å². The fraction of sp³-hybridized carbons (Fsp3) is 0.0667. The summed E-state index contributed by atoms with van der Waals surface area (Å²) in [5, 5.41) is 4.45. The molecule has 1 aromatic heterocycles. The molecule has 166 valence electrons. The number of benzene rings is 5. The molecule has 0 atom stereocenters. The van der Waals surface area contributed by atoms with E-state index in [0.29, 0.717) is 11.0 Å². The van der Waals surface area contributed by atoms with Crippen molar-refractivity contribution in [3.63, 3.8) is 0 Å². The molecule has 5 aromatic carbocycles. The maximum absolute atomic E-state index is 13.6. The van der Waals surface area contributed by atoms with Gasteiger partial charge in [0.1, 0.15) is 0 Å². The van der Waals surface area contributed by atoms with E-state index in [0.717, 1.165) is 23.6 Å². The number of nitrogens with zero attached hydrogens (tertiary/aromatic N) is 1. The van der Waals surface area contributed by atoms with Crippen LogP contribution in [0.15, 0.2) is 120 Å². The number of rotatable bonds is 5. The van der Waals surface area contributed by atoms with Gasteiger partial charge in [0.25, 0.3) is 10.0 Å². The van der Waals surface area contributed by atoms with E-state index in [1.807, 2.05) is 36.4 Å². The van der Waals surface area contributed by atoms with Gasteiger partial charge in [-0.2, -0.15) is 0 Å². The number of para-hydroxylation sites is 1. The second-order valence-corrected chi connectivity index (χ2v) is 10.4. The van der Waals surface area contributed by atoms with Crippen molar-refractivity contribution in [2.45, 2.75) is 17.7 Å². The molecule has 1 heterocycles. The van der Waals surface area contributed by atoms with Crippen LogP contribution in [0.1, 0.15) is 11.1 Å². The molecular weight excluding hydrogens is 438 g/mol.